The van der Waals surface area contributed by atoms with E-state index in [4.69, 9.17) is 12.3 Å². The van der Waals surface area contributed by atoms with Gasteiger partial charge in [-0.15, -0.1) is 0 Å². The van der Waals surface area contributed by atoms with Crippen LogP contribution in [-0.2, 0) is 4.79 Å². The van der Waals surface area contributed by atoms with Crippen LogP contribution < -0.4 is 5.73 Å². The lowest BCUT2D eigenvalue weighted by Crippen LogP contribution is -2.39. The molecule has 3 N–H and O–H groups in total. The third-order valence-electron chi connectivity index (χ3n) is 6.58. The molecule has 8 nitrogen and oxygen atoms in total. The van der Waals surface area contributed by atoms with Crippen molar-refractivity contribution in [2.75, 3.05) is 19.6 Å². The summed E-state index contributed by atoms with van der Waals surface area (Å²) in [6.45, 7) is 12.7. The number of aliphatic hydroxyl groups is 1. The van der Waals surface area contributed by atoms with Gasteiger partial charge >= 0.3 is 0 Å². The van der Waals surface area contributed by atoms with Crippen LogP contribution >= 0.6 is 0 Å². The highest BCUT2D eigenvalue weighted by molar-refractivity contribution is 6.09. The predicted molar refractivity (Wildman–Crippen MR) is 130 cm³/mol. The maximum atomic E-state index is 13.5. The van der Waals surface area contributed by atoms with Crippen LogP contribution in [0.25, 0.3) is 21.6 Å². The summed E-state index contributed by atoms with van der Waals surface area (Å²) in [5, 5.41) is 9.78. The van der Waals surface area contributed by atoms with Crippen LogP contribution in [0.2, 0.25) is 0 Å². The number of aromatic nitrogens is 2. The minimum absolute atomic E-state index is 0.0131. The first-order valence-corrected chi connectivity index (χ1v) is 11.5. The molecule has 1 unspecified atom stereocenters. The van der Waals surface area contributed by atoms with Gasteiger partial charge in [0.25, 0.3) is 0 Å². The molecule has 1 saturated heterocycles. The van der Waals surface area contributed by atoms with Gasteiger partial charge in [-0.3, -0.25) is 19.5 Å². The normalized spacial score (nSPS) is 15.8. The smallest absolute Gasteiger partial charge is 0.218 e. The number of nitrogens with zero attached hydrogens (tertiary/aromatic N) is 4. The van der Waals surface area contributed by atoms with Crippen molar-refractivity contribution in [2.24, 2.45) is 5.73 Å². The summed E-state index contributed by atoms with van der Waals surface area (Å²) in [6, 6.07) is 9.20. The predicted octanol–water partition coefficient (Wildman–Crippen LogP) is 3.50. The fourth-order valence-electron chi connectivity index (χ4n) is 4.69. The number of aliphatic hydroxyl groups excluding tert-OH is 1. The third kappa shape index (κ3) is 4.72. The van der Waals surface area contributed by atoms with Crippen molar-refractivity contribution in [2.45, 2.75) is 45.1 Å². The molecule has 0 spiro atoms. The van der Waals surface area contributed by atoms with E-state index in [2.05, 4.69) is 14.7 Å². The number of nitrogens with two attached hydrogens (primary N) is 1. The first-order valence-electron chi connectivity index (χ1n) is 11.5. The highest BCUT2D eigenvalue weighted by Crippen LogP contribution is 2.32. The van der Waals surface area contributed by atoms with Gasteiger partial charge in [0.2, 0.25) is 5.91 Å². The second-order valence-electron chi connectivity index (χ2n) is 9.06. The van der Waals surface area contributed by atoms with Gasteiger partial charge in [0, 0.05) is 37.1 Å². The van der Waals surface area contributed by atoms with E-state index in [1.807, 2.05) is 36.6 Å². The van der Waals surface area contributed by atoms with Gasteiger partial charge in [-0.25, -0.2) is 4.85 Å². The molecule has 3 aromatic rings. The monoisotopic (exact) mass is 459 g/mol. The van der Waals surface area contributed by atoms with Gasteiger partial charge in [-0.05, 0) is 49.4 Å². The number of pyridine rings is 1. The van der Waals surface area contributed by atoms with E-state index < -0.39 is 0 Å². The van der Waals surface area contributed by atoms with Crippen LogP contribution in [0.3, 0.4) is 0 Å². The Bertz CT molecular complexity index is 1260. The Balaban J connectivity index is 1.80. The molecular formula is C26H29N5O3. The summed E-state index contributed by atoms with van der Waals surface area (Å²) in [7, 11) is 0. The average Bonchev–Trinajstić information content (AvgIpc) is 3.11. The van der Waals surface area contributed by atoms with Gasteiger partial charge in [0.1, 0.15) is 0 Å². The lowest BCUT2D eigenvalue weighted by atomic mass is 9.98. The lowest BCUT2D eigenvalue weighted by molar-refractivity contribution is -0.118. The summed E-state index contributed by atoms with van der Waals surface area (Å²) < 4.78 is 1.99. The number of primary amides is 1. The lowest BCUT2D eigenvalue weighted by Gasteiger charge is -2.28. The van der Waals surface area contributed by atoms with Crippen LogP contribution in [-0.4, -0.2) is 57.0 Å². The third-order valence-corrected chi connectivity index (χ3v) is 6.58. The van der Waals surface area contributed by atoms with Gasteiger partial charge in [-0.2, -0.15) is 0 Å². The molecule has 1 amide bonds. The zero-order chi connectivity index (χ0) is 24.4. The number of carbonyl (C=O) groups excluding carboxylic acids is 2. The van der Waals surface area contributed by atoms with Crippen molar-refractivity contribution in [1.29, 1.82) is 0 Å². The van der Waals surface area contributed by atoms with Crippen molar-refractivity contribution >= 4 is 28.4 Å². The molecule has 1 fully saturated rings. The second kappa shape index (κ2) is 9.75. The molecule has 0 aliphatic carbocycles. The second-order valence-corrected chi connectivity index (χ2v) is 9.06. The maximum Gasteiger partial charge on any atom is 0.218 e. The van der Waals surface area contributed by atoms with Crippen LogP contribution in [0.1, 0.15) is 53.7 Å². The van der Waals surface area contributed by atoms with E-state index in [9.17, 15) is 14.7 Å². The Kier molecular flexibility index (Phi) is 6.77. The Hall–Kier alpha value is -3.54. The zero-order valence-corrected chi connectivity index (χ0v) is 19.5. The maximum absolute atomic E-state index is 13.5. The first kappa shape index (κ1) is 23.6. The van der Waals surface area contributed by atoms with Crippen molar-refractivity contribution in [3.8, 4) is 5.69 Å². The summed E-state index contributed by atoms with van der Waals surface area (Å²) in [5.41, 5.74) is 10.4. The quantitative estimate of drug-likeness (QED) is 0.416. The Morgan fingerprint density at radius 1 is 1.26 bits per heavy atom. The molecule has 0 radical (unpaired) electrons. The van der Waals surface area contributed by atoms with E-state index in [-0.39, 0.29) is 36.7 Å². The number of likely N-dealkylation sites (tertiary alicyclic amines) is 1. The van der Waals surface area contributed by atoms with Crippen LogP contribution in [0, 0.1) is 13.5 Å². The molecule has 1 aliphatic rings. The number of carbonyl (C=O) groups is 2. The standard InChI is InChI=1S/C26H29N5O3/c1-16(12-24(27)34)18-13-22-26(29-14-18)25(23(33)15-30-10-8-21(32)9-11-30)17(2)31(22)20-6-4-19(28-3)5-7-20/h4-7,13-14,16,21,32H,8-12,15H2,1-2H3,(H2,27,34). The van der Waals surface area contributed by atoms with E-state index in [0.29, 0.717) is 42.7 Å². The largest absolute Gasteiger partial charge is 0.393 e. The number of hydrogen-bond acceptors (Lipinski definition) is 5. The van der Waals surface area contributed by atoms with E-state index in [1.54, 1.807) is 18.3 Å². The number of ketones is 1. The highest BCUT2D eigenvalue weighted by atomic mass is 16.3. The molecule has 34 heavy (non-hydrogen) atoms. The average molecular weight is 460 g/mol. The van der Waals surface area contributed by atoms with Gasteiger partial charge < -0.3 is 15.4 Å². The Morgan fingerprint density at radius 3 is 2.56 bits per heavy atom. The molecule has 1 aliphatic heterocycles. The van der Waals surface area contributed by atoms with Gasteiger partial charge in [-0.1, -0.05) is 19.1 Å². The number of piperidine rings is 1. The molecule has 1 atom stereocenters. The first-order chi connectivity index (χ1) is 16.3. The SMILES string of the molecule is [C-]#[N+]c1ccc(-n2c(C)c(C(=O)CN3CCC(O)CC3)c3ncc(C(C)CC(N)=O)cc32)cc1. The van der Waals surface area contributed by atoms with Crippen LogP contribution in [0.5, 0.6) is 0 Å². The molecule has 0 bridgehead atoms. The summed E-state index contributed by atoms with van der Waals surface area (Å²) in [5.74, 6) is -0.501. The minimum atomic E-state index is -0.378. The van der Waals surface area contributed by atoms with Crippen molar-refractivity contribution in [1.82, 2.24) is 14.5 Å². The number of amides is 1. The van der Waals surface area contributed by atoms with Gasteiger partial charge in [0.15, 0.2) is 11.5 Å². The molecule has 8 heteroatoms. The Labute approximate surface area is 198 Å². The number of rotatable bonds is 7. The molecule has 3 heterocycles. The molecule has 0 saturated carbocycles. The minimum Gasteiger partial charge on any atom is -0.393 e. The number of fused-ring (bicyclic) bond motifs is 1. The zero-order valence-electron chi connectivity index (χ0n) is 19.5. The van der Waals surface area contributed by atoms with Gasteiger partial charge in [0.05, 0.1) is 35.8 Å². The number of hydrogen-bond donors (Lipinski definition) is 2. The molecule has 1 aromatic carbocycles. The van der Waals surface area contributed by atoms with Crippen molar-refractivity contribution in [3.63, 3.8) is 0 Å². The van der Waals surface area contributed by atoms with E-state index in [0.717, 1.165) is 22.5 Å². The Morgan fingerprint density at radius 2 is 1.94 bits per heavy atom. The number of benzene rings is 1. The molecular weight excluding hydrogens is 430 g/mol. The fourth-order valence-corrected chi connectivity index (χ4v) is 4.69. The molecule has 4 rings (SSSR count). The summed E-state index contributed by atoms with van der Waals surface area (Å²) in [6.07, 6.45) is 2.97. The van der Waals surface area contributed by atoms with Crippen LogP contribution in [0.4, 0.5) is 5.69 Å². The topological polar surface area (TPSA) is 106 Å². The highest BCUT2D eigenvalue weighted by Gasteiger charge is 2.26. The summed E-state index contributed by atoms with van der Waals surface area (Å²) in [4.78, 5) is 35.2. The fraction of sp³-hybridized carbons (Fsp3) is 0.385. The van der Waals surface area contributed by atoms with Crippen molar-refractivity contribution < 1.29 is 14.7 Å². The van der Waals surface area contributed by atoms with Crippen LogP contribution in [0.15, 0.2) is 36.5 Å². The molecule has 176 valence electrons. The summed E-state index contributed by atoms with van der Waals surface area (Å²) >= 11 is 0. The molecule has 2 aromatic heterocycles. The van der Waals surface area contributed by atoms with E-state index in [1.165, 1.54) is 0 Å². The number of Topliss-reactive ketones (excluding diaryl/α,β-unsaturated/α-hetero) is 1. The van der Waals surface area contributed by atoms with E-state index >= 15 is 0 Å². The van der Waals surface area contributed by atoms with Crippen molar-refractivity contribution in [3.05, 3.63) is 64.8 Å².